The Kier molecular flexibility index (Phi) is 5.28. The first-order valence-electron chi connectivity index (χ1n) is 12.7. The first kappa shape index (κ1) is 22.9. The minimum Gasteiger partial charge on any atom is -0.0800 e. The minimum atomic E-state index is -0.269. The van der Waals surface area contributed by atoms with Gasteiger partial charge in [-0.25, -0.2) is 0 Å². The number of allylic oxidation sites excluding steroid dienone is 4. The normalized spacial score (nSPS) is 22.0. The second-order valence-corrected chi connectivity index (χ2v) is 12.4. The van der Waals surface area contributed by atoms with Crippen molar-refractivity contribution < 1.29 is 0 Å². The largest absolute Gasteiger partial charge is 0.0800 e. The molecule has 0 spiro atoms. The summed E-state index contributed by atoms with van der Waals surface area (Å²) >= 11 is 0. The molecule has 5 rings (SSSR count). The number of hydrogen-bond acceptors (Lipinski definition) is 0. The molecule has 0 heterocycles. The summed E-state index contributed by atoms with van der Waals surface area (Å²) in [5.74, 6) is 0.510. The van der Waals surface area contributed by atoms with Crippen LogP contribution in [-0.4, -0.2) is 0 Å². The summed E-state index contributed by atoms with van der Waals surface area (Å²) in [6.07, 6.45) is 5.98. The van der Waals surface area contributed by atoms with Crippen molar-refractivity contribution in [2.24, 2.45) is 11.3 Å². The molecular formula is C34H38. The molecule has 2 unspecified atom stereocenters. The van der Waals surface area contributed by atoms with E-state index in [1.165, 1.54) is 39.0 Å². The van der Waals surface area contributed by atoms with E-state index in [4.69, 9.17) is 0 Å². The van der Waals surface area contributed by atoms with Crippen LogP contribution >= 0.6 is 0 Å². The molecule has 0 aliphatic heterocycles. The molecule has 34 heavy (non-hydrogen) atoms. The van der Waals surface area contributed by atoms with E-state index in [2.05, 4.69) is 133 Å². The van der Waals surface area contributed by atoms with Crippen LogP contribution < -0.4 is 0 Å². The Morgan fingerprint density at radius 3 is 2.03 bits per heavy atom. The number of rotatable bonds is 2. The maximum Gasteiger partial charge on any atom is 0.0676 e. The van der Waals surface area contributed by atoms with Gasteiger partial charge in [0, 0.05) is 0 Å². The zero-order valence-electron chi connectivity index (χ0n) is 21.9. The first-order chi connectivity index (χ1) is 16.0. The highest BCUT2D eigenvalue weighted by atomic mass is 14.5. The summed E-state index contributed by atoms with van der Waals surface area (Å²) in [6, 6.07) is 27.8. The summed E-state index contributed by atoms with van der Waals surface area (Å²) in [4.78, 5) is 0. The van der Waals surface area contributed by atoms with Crippen LogP contribution in [0.1, 0.15) is 81.3 Å². The van der Waals surface area contributed by atoms with Gasteiger partial charge >= 0.3 is 0 Å². The Hall–Kier alpha value is -2.86. The Morgan fingerprint density at radius 2 is 1.41 bits per heavy atom. The Balaban J connectivity index is 1.88. The fourth-order valence-electron chi connectivity index (χ4n) is 5.95. The number of benzene rings is 3. The van der Waals surface area contributed by atoms with E-state index in [1.807, 2.05) is 0 Å². The topological polar surface area (TPSA) is 0 Å². The number of aryl methyl sites for hydroxylation is 1. The summed E-state index contributed by atoms with van der Waals surface area (Å²) in [7, 11) is 0. The fourth-order valence-corrected chi connectivity index (χ4v) is 5.95. The molecule has 0 bridgehead atoms. The van der Waals surface area contributed by atoms with Crippen molar-refractivity contribution in [3.63, 3.8) is 0 Å². The third kappa shape index (κ3) is 3.50. The number of hydrogen-bond donors (Lipinski definition) is 0. The quantitative estimate of drug-likeness (QED) is 0.368. The molecule has 2 aliphatic carbocycles. The van der Waals surface area contributed by atoms with Gasteiger partial charge in [-0.1, -0.05) is 132 Å². The van der Waals surface area contributed by atoms with Crippen LogP contribution in [0.15, 0.2) is 90.5 Å². The van der Waals surface area contributed by atoms with E-state index >= 15 is 0 Å². The first-order valence-corrected chi connectivity index (χ1v) is 12.7. The maximum atomic E-state index is 2.51. The second kappa shape index (κ2) is 7.84. The van der Waals surface area contributed by atoms with Crippen LogP contribution in [0.5, 0.6) is 0 Å². The monoisotopic (exact) mass is 446 g/mol. The Morgan fingerprint density at radius 1 is 0.765 bits per heavy atom. The molecule has 0 aromatic heterocycles. The molecule has 0 amide bonds. The lowest BCUT2D eigenvalue weighted by molar-refractivity contribution is 0.285. The molecule has 3 aromatic carbocycles. The summed E-state index contributed by atoms with van der Waals surface area (Å²) < 4.78 is 0. The van der Waals surface area contributed by atoms with E-state index < -0.39 is 0 Å². The molecule has 3 aromatic rings. The average Bonchev–Trinajstić information content (AvgIpc) is 3.09. The lowest BCUT2D eigenvalue weighted by atomic mass is 9.62. The van der Waals surface area contributed by atoms with Crippen molar-refractivity contribution in [2.75, 3.05) is 0 Å². The molecule has 0 radical (unpaired) electrons. The van der Waals surface area contributed by atoms with E-state index in [0.717, 1.165) is 6.42 Å². The van der Waals surface area contributed by atoms with Crippen molar-refractivity contribution in [1.29, 1.82) is 0 Å². The average molecular weight is 447 g/mol. The van der Waals surface area contributed by atoms with Crippen molar-refractivity contribution in [3.05, 3.63) is 124 Å². The van der Waals surface area contributed by atoms with Crippen LogP contribution in [0.25, 0.3) is 5.57 Å². The van der Waals surface area contributed by atoms with E-state index in [-0.39, 0.29) is 16.2 Å². The molecule has 0 N–H and O–H groups in total. The van der Waals surface area contributed by atoms with Gasteiger partial charge in [0.1, 0.15) is 0 Å². The Bertz CT molecular complexity index is 1270. The lowest BCUT2D eigenvalue weighted by Gasteiger charge is -2.40. The summed E-state index contributed by atoms with van der Waals surface area (Å²) in [5.41, 5.74) is 11.3. The third-order valence-corrected chi connectivity index (χ3v) is 8.08. The van der Waals surface area contributed by atoms with E-state index in [9.17, 15) is 0 Å². The molecular weight excluding hydrogens is 408 g/mol. The summed E-state index contributed by atoms with van der Waals surface area (Å²) in [6.45, 7) is 16.3. The van der Waals surface area contributed by atoms with Gasteiger partial charge in [0.05, 0.1) is 5.41 Å². The van der Waals surface area contributed by atoms with Crippen LogP contribution in [0.3, 0.4) is 0 Å². The molecule has 2 atom stereocenters. The molecule has 0 saturated heterocycles. The van der Waals surface area contributed by atoms with E-state index in [1.54, 1.807) is 5.57 Å². The SMILES string of the molecule is Cc1ccc(C2(c3ccccc3)C3=C(C=CC(C(C)(C)C)C3)c3ccc(C(C)(C)C)cc32)cc1. The highest BCUT2D eigenvalue weighted by Crippen LogP contribution is 2.59. The van der Waals surface area contributed by atoms with Crippen molar-refractivity contribution in [1.82, 2.24) is 0 Å². The van der Waals surface area contributed by atoms with Crippen LogP contribution in [0, 0.1) is 18.3 Å². The molecule has 0 saturated carbocycles. The van der Waals surface area contributed by atoms with Crippen LogP contribution in [0.2, 0.25) is 0 Å². The van der Waals surface area contributed by atoms with Gasteiger partial charge in [-0.15, -0.1) is 0 Å². The van der Waals surface area contributed by atoms with Gasteiger partial charge in [-0.05, 0) is 69.1 Å². The molecule has 0 nitrogen and oxygen atoms in total. The van der Waals surface area contributed by atoms with Gasteiger partial charge < -0.3 is 0 Å². The number of fused-ring (bicyclic) bond motifs is 2. The zero-order valence-corrected chi connectivity index (χ0v) is 21.9. The second-order valence-electron chi connectivity index (χ2n) is 12.4. The minimum absolute atomic E-state index is 0.0949. The van der Waals surface area contributed by atoms with Crippen molar-refractivity contribution in [2.45, 2.75) is 65.7 Å². The fraction of sp³-hybridized carbons (Fsp3) is 0.353. The smallest absolute Gasteiger partial charge is 0.0676 e. The van der Waals surface area contributed by atoms with E-state index in [0.29, 0.717) is 5.92 Å². The summed E-state index contributed by atoms with van der Waals surface area (Å²) in [5, 5.41) is 0. The maximum absolute atomic E-state index is 2.51. The van der Waals surface area contributed by atoms with Crippen LogP contribution in [0.4, 0.5) is 0 Å². The standard InChI is InChI=1S/C34H38/c1-23-13-15-25(16-14-23)34(24-11-9-8-10-12-24)30-21-26(32(2,3)4)17-19-28(30)29-20-18-27(22-31(29)34)33(5,6)7/h8-21,27H,22H2,1-7H3. The van der Waals surface area contributed by atoms with Gasteiger partial charge in [0.15, 0.2) is 0 Å². The predicted molar refractivity (Wildman–Crippen MR) is 146 cm³/mol. The Labute approximate surface area is 206 Å². The van der Waals surface area contributed by atoms with Gasteiger partial charge in [0.2, 0.25) is 0 Å². The third-order valence-electron chi connectivity index (χ3n) is 8.08. The lowest BCUT2D eigenvalue weighted by Crippen LogP contribution is -2.33. The molecule has 174 valence electrons. The van der Waals surface area contributed by atoms with Crippen molar-refractivity contribution in [3.8, 4) is 0 Å². The van der Waals surface area contributed by atoms with Gasteiger partial charge in [-0.3, -0.25) is 0 Å². The van der Waals surface area contributed by atoms with Crippen LogP contribution in [-0.2, 0) is 10.8 Å². The molecule has 2 aliphatic rings. The van der Waals surface area contributed by atoms with Gasteiger partial charge in [0.25, 0.3) is 0 Å². The van der Waals surface area contributed by atoms with Gasteiger partial charge in [-0.2, -0.15) is 0 Å². The molecule has 0 heteroatoms. The highest BCUT2D eigenvalue weighted by molar-refractivity contribution is 5.91. The zero-order chi connectivity index (χ0) is 24.3. The van der Waals surface area contributed by atoms with Crippen molar-refractivity contribution >= 4 is 5.57 Å². The molecule has 0 fully saturated rings. The highest BCUT2D eigenvalue weighted by Gasteiger charge is 2.49. The predicted octanol–water partition coefficient (Wildman–Crippen LogP) is 9.02.